The molecule has 6 nitrogen and oxygen atoms in total. The van der Waals surface area contributed by atoms with E-state index < -0.39 is 5.25 Å². The molecule has 0 fully saturated rings. The number of thioether (sulfide) groups is 1. The molecule has 0 aliphatic rings. The number of nitrogens with zero attached hydrogens (tertiary/aromatic N) is 2. The van der Waals surface area contributed by atoms with Gasteiger partial charge in [-0.1, -0.05) is 46.6 Å². The van der Waals surface area contributed by atoms with Crippen LogP contribution in [0.25, 0.3) is 11.4 Å². The number of amides is 1. The minimum absolute atomic E-state index is 0.235. The first-order valence-electron chi connectivity index (χ1n) is 8.06. The van der Waals surface area contributed by atoms with Crippen LogP contribution in [0.4, 0.5) is 5.69 Å². The number of benzene rings is 2. The molecule has 0 bridgehead atoms. The van der Waals surface area contributed by atoms with E-state index in [-0.39, 0.29) is 5.91 Å². The summed E-state index contributed by atoms with van der Waals surface area (Å²) in [7, 11) is 1.56. The highest BCUT2D eigenvalue weighted by Gasteiger charge is 2.19. The summed E-state index contributed by atoms with van der Waals surface area (Å²) in [6, 6.07) is 10.1. The van der Waals surface area contributed by atoms with Gasteiger partial charge in [0.1, 0.15) is 5.75 Å². The maximum absolute atomic E-state index is 12.4. The van der Waals surface area contributed by atoms with Crippen molar-refractivity contribution < 1.29 is 9.53 Å². The number of carbonyl (C=O) groups is 1. The van der Waals surface area contributed by atoms with E-state index in [0.29, 0.717) is 43.0 Å². The molecule has 0 aliphatic heterocycles. The average Bonchev–Trinajstić information content (AvgIpc) is 3.12. The Morgan fingerprint density at radius 3 is 2.61 bits per heavy atom. The molecule has 1 atom stereocenters. The minimum Gasteiger partial charge on any atom is -0.496 e. The predicted molar refractivity (Wildman–Crippen MR) is 114 cm³/mol. The summed E-state index contributed by atoms with van der Waals surface area (Å²) in [6.45, 7) is 1.75. The van der Waals surface area contributed by atoms with Crippen LogP contribution in [0.5, 0.6) is 5.75 Å². The van der Waals surface area contributed by atoms with Crippen LogP contribution >= 0.6 is 46.6 Å². The molecule has 0 radical (unpaired) electrons. The molecule has 10 heteroatoms. The van der Waals surface area contributed by atoms with Crippen molar-refractivity contribution in [1.29, 1.82) is 0 Å². The fourth-order valence-corrected chi connectivity index (χ4v) is 3.67. The number of ether oxygens (including phenoxy) is 1. The number of hydrogen-bond donors (Lipinski definition) is 2. The summed E-state index contributed by atoms with van der Waals surface area (Å²) in [6.07, 6.45) is 0. The quantitative estimate of drug-likeness (QED) is 0.474. The third kappa shape index (κ3) is 4.91. The van der Waals surface area contributed by atoms with Crippen molar-refractivity contribution in [3.63, 3.8) is 0 Å². The number of hydrogen-bond acceptors (Lipinski definition) is 5. The van der Waals surface area contributed by atoms with Gasteiger partial charge in [0.05, 0.1) is 28.6 Å². The summed E-state index contributed by atoms with van der Waals surface area (Å²) >= 11 is 19.2. The Morgan fingerprint density at radius 2 is 1.89 bits per heavy atom. The van der Waals surface area contributed by atoms with E-state index in [1.807, 2.05) is 0 Å². The number of H-pyrrole nitrogens is 1. The first-order chi connectivity index (χ1) is 13.4. The van der Waals surface area contributed by atoms with Crippen LogP contribution in [0.15, 0.2) is 41.6 Å². The first-order valence-corrected chi connectivity index (χ1v) is 10.1. The van der Waals surface area contributed by atoms with Gasteiger partial charge in [0.15, 0.2) is 5.82 Å². The SMILES string of the molecule is COc1ccc(Cl)cc1-c1nc(SC(C)C(=O)Nc2ccc(Cl)cc2Cl)n[nH]1. The normalized spacial score (nSPS) is 11.9. The Hall–Kier alpha value is -1.93. The van der Waals surface area contributed by atoms with Gasteiger partial charge >= 0.3 is 0 Å². The number of halogens is 3. The topological polar surface area (TPSA) is 79.9 Å². The molecule has 0 spiro atoms. The molecule has 0 saturated carbocycles. The third-order valence-corrected chi connectivity index (χ3v) is 5.47. The molecule has 1 aromatic heterocycles. The molecule has 3 aromatic rings. The molecule has 1 amide bonds. The van der Waals surface area contributed by atoms with Crippen LogP contribution in [0.3, 0.4) is 0 Å². The van der Waals surface area contributed by atoms with E-state index in [1.54, 1.807) is 50.4 Å². The summed E-state index contributed by atoms with van der Waals surface area (Å²) in [5, 5.41) is 11.1. The van der Waals surface area contributed by atoms with Crippen molar-refractivity contribution in [1.82, 2.24) is 15.2 Å². The monoisotopic (exact) mass is 456 g/mol. The predicted octanol–water partition coefficient (Wildman–Crippen LogP) is 5.56. The number of rotatable bonds is 6. The van der Waals surface area contributed by atoms with Crippen molar-refractivity contribution >= 4 is 58.2 Å². The van der Waals surface area contributed by atoms with E-state index in [2.05, 4.69) is 20.5 Å². The lowest BCUT2D eigenvalue weighted by atomic mass is 10.2. The van der Waals surface area contributed by atoms with E-state index in [9.17, 15) is 4.79 Å². The van der Waals surface area contributed by atoms with Crippen LogP contribution in [0, 0.1) is 0 Å². The molecule has 0 aliphatic carbocycles. The number of nitrogens with one attached hydrogen (secondary N) is 2. The lowest BCUT2D eigenvalue weighted by Crippen LogP contribution is -2.22. The van der Waals surface area contributed by atoms with Gasteiger partial charge in [-0.25, -0.2) is 4.98 Å². The molecule has 2 aromatic carbocycles. The fraction of sp³-hybridized carbons (Fsp3) is 0.167. The number of aromatic amines is 1. The van der Waals surface area contributed by atoms with Gasteiger partial charge in [0, 0.05) is 10.0 Å². The zero-order valence-electron chi connectivity index (χ0n) is 14.8. The van der Waals surface area contributed by atoms with E-state index in [0.717, 1.165) is 0 Å². The summed E-state index contributed by atoms with van der Waals surface area (Å²) in [5.74, 6) is 0.872. The molecule has 1 heterocycles. The minimum atomic E-state index is -0.461. The van der Waals surface area contributed by atoms with Gasteiger partial charge in [-0.15, -0.1) is 5.10 Å². The van der Waals surface area contributed by atoms with Crippen LogP contribution in [0.2, 0.25) is 15.1 Å². The van der Waals surface area contributed by atoms with Crippen LogP contribution < -0.4 is 10.1 Å². The molecule has 3 rings (SSSR count). The summed E-state index contributed by atoms with van der Waals surface area (Å²) in [5.41, 5.74) is 1.17. The van der Waals surface area contributed by atoms with Crippen molar-refractivity contribution in [2.24, 2.45) is 0 Å². The third-order valence-electron chi connectivity index (χ3n) is 3.72. The highest BCUT2D eigenvalue weighted by atomic mass is 35.5. The maximum Gasteiger partial charge on any atom is 0.237 e. The Bertz CT molecular complexity index is 1010. The largest absolute Gasteiger partial charge is 0.496 e. The zero-order chi connectivity index (χ0) is 20.3. The van der Waals surface area contributed by atoms with Gasteiger partial charge in [-0.3, -0.25) is 9.89 Å². The van der Waals surface area contributed by atoms with E-state index in [1.165, 1.54) is 11.8 Å². The van der Waals surface area contributed by atoms with Crippen LogP contribution in [-0.4, -0.2) is 33.4 Å². The smallest absolute Gasteiger partial charge is 0.237 e. The second-order valence-corrected chi connectivity index (χ2v) is 8.27. The van der Waals surface area contributed by atoms with Gasteiger partial charge in [0.2, 0.25) is 11.1 Å². The van der Waals surface area contributed by atoms with E-state index >= 15 is 0 Å². The van der Waals surface area contributed by atoms with Crippen molar-refractivity contribution in [3.05, 3.63) is 51.5 Å². The van der Waals surface area contributed by atoms with Crippen LogP contribution in [0.1, 0.15) is 6.92 Å². The number of anilines is 1. The van der Waals surface area contributed by atoms with Gasteiger partial charge in [0.25, 0.3) is 0 Å². The summed E-state index contributed by atoms with van der Waals surface area (Å²) in [4.78, 5) is 16.9. The second-order valence-electron chi connectivity index (χ2n) is 5.68. The number of carbonyl (C=O) groups excluding carboxylic acids is 1. The molecule has 2 N–H and O–H groups in total. The lowest BCUT2D eigenvalue weighted by Gasteiger charge is -2.11. The van der Waals surface area contributed by atoms with Gasteiger partial charge in [-0.05, 0) is 43.3 Å². The Kier molecular flexibility index (Phi) is 6.72. The molecular formula is C18H15Cl3N4O2S. The van der Waals surface area contributed by atoms with Crippen molar-refractivity contribution in [2.45, 2.75) is 17.3 Å². The van der Waals surface area contributed by atoms with Gasteiger partial charge in [-0.2, -0.15) is 0 Å². The summed E-state index contributed by atoms with van der Waals surface area (Å²) < 4.78 is 5.33. The van der Waals surface area contributed by atoms with Crippen molar-refractivity contribution in [3.8, 4) is 17.1 Å². The molecule has 28 heavy (non-hydrogen) atoms. The Morgan fingerprint density at radius 1 is 1.18 bits per heavy atom. The number of aromatic nitrogens is 3. The standard InChI is InChI=1S/C18H15Cl3N4O2S/c1-9(17(26)22-14-5-3-11(20)8-13(14)21)28-18-23-16(24-25-18)12-7-10(19)4-6-15(12)27-2/h3-9H,1-2H3,(H,22,26)(H,23,24,25). The Labute approximate surface area is 180 Å². The highest BCUT2D eigenvalue weighted by Crippen LogP contribution is 2.32. The first kappa shape index (κ1) is 20.8. The van der Waals surface area contributed by atoms with Gasteiger partial charge < -0.3 is 10.1 Å². The molecule has 0 saturated heterocycles. The molecular weight excluding hydrogens is 443 g/mol. The molecule has 1 unspecified atom stereocenters. The van der Waals surface area contributed by atoms with Crippen molar-refractivity contribution in [2.75, 3.05) is 12.4 Å². The highest BCUT2D eigenvalue weighted by molar-refractivity contribution is 8.00. The maximum atomic E-state index is 12.4. The van der Waals surface area contributed by atoms with Crippen LogP contribution in [-0.2, 0) is 4.79 Å². The average molecular weight is 458 g/mol. The lowest BCUT2D eigenvalue weighted by molar-refractivity contribution is -0.115. The molecule has 146 valence electrons. The second kappa shape index (κ2) is 9.05. The van der Waals surface area contributed by atoms with E-state index in [4.69, 9.17) is 39.5 Å². The number of methoxy groups -OCH3 is 1. The zero-order valence-corrected chi connectivity index (χ0v) is 17.9. The fourth-order valence-electron chi connectivity index (χ4n) is 2.32. The Balaban J connectivity index is 1.71.